The van der Waals surface area contributed by atoms with Crippen LogP contribution in [-0.4, -0.2) is 5.11 Å². The van der Waals surface area contributed by atoms with Crippen LogP contribution in [0.1, 0.15) is 22.8 Å². The lowest BCUT2D eigenvalue weighted by atomic mass is 9.97. The summed E-state index contributed by atoms with van der Waals surface area (Å²) in [7, 11) is 0. The van der Waals surface area contributed by atoms with Crippen molar-refractivity contribution in [3.8, 4) is 0 Å². The average molecular weight is 283 g/mol. The number of hydrogen-bond acceptors (Lipinski definition) is 1. The molecule has 2 rings (SSSR count). The summed E-state index contributed by atoms with van der Waals surface area (Å²) in [4.78, 5) is 0. The zero-order valence-electron chi connectivity index (χ0n) is 10.3. The van der Waals surface area contributed by atoms with Gasteiger partial charge in [0.15, 0.2) is 0 Å². The van der Waals surface area contributed by atoms with Gasteiger partial charge in [-0.3, -0.25) is 0 Å². The van der Waals surface area contributed by atoms with Gasteiger partial charge >= 0.3 is 0 Å². The standard InChI is InChI=1S/C15H13ClF2O/c1-9-6-11(17)2-4-13(9)15(19)8-10-7-12(18)3-5-14(10)16/h2-7,15,19H,8H2,1H3. The van der Waals surface area contributed by atoms with Crippen LogP contribution in [0.2, 0.25) is 5.02 Å². The quantitative estimate of drug-likeness (QED) is 0.894. The summed E-state index contributed by atoms with van der Waals surface area (Å²) < 4.78 is 26.1. The van der Waals surface area contributed by atoms with Gasteiger partial charge in [-0.25, -0.2) is 8.78 Å². The molecule has 0 spiro atoms. The lowest BCUT2D eigenvalue weighted by Gasteiger charge is -2.14. The smallest absolute Gasteiger partial charge is 0.123 e. The van der Waals surface area contributed by atoms with Crippen LogP contribution in [0.25, 0.3) is 0 Å². The third-order valence-corrected chi connectivity index (χ3v) is 3.38. The van der Waals surface area contributed by atoms with Crippen LogP contribution in [0.15, 0.2) is 36.4 Å². The SMILES string of the molecule is Cc1cc(F)ccc1C(O)Cc1cc(F)ccc1Cl. The van der Waals surface area contributed by atoms with Crippen molar-refractivity contribution >= 4 is 11.6 Å². The Balaban J connectivity index is 2.25. The van der Waals surface area contributed by atoms with Crippen LogP contribution in [0, 0.1) is 18.6 Å². The zero-order chi connectivity index (χ0) is 14.0. The lowest BCUT2D eigenvalue weighted by molar-refractivity contribution is 0.177. The van der Waals surface area contributed by atoms with Crippen molar-refractivity contribution in [3.05, 3.63) is 69.7 Å². The van der Waals surface area contributed by atoms with Crippen molar-refractivity contribution in [1.29, 1.82) is 0 Å². The van der Waals surface area contributed by atoms with E-state index in [0.717, 1.165) is 0 Å². The third-order valence-electron chi connectivity index (χ3n) is 3.01. The lowest BCUT2D eigenvalue weighted by Crippen LogP contribution is -2.05. The van der Waals surface area contributed by atoms with E-state index in [0.29, 0.717) is 21.7 Å². The van der Waals surface area contributed by atoms with Gasteiger partial charge in [0.2, 0.25) is 0 Å². The number of aliphatic hydroxyl groups excluding tert-OH is 1. The van der Waals surface area contributed by atoms with Gasteiger partial charge in [0.1, 0.15) is 11.6 Å². The molecular weight excluding hydrogens is 270 g/mol. The second-order valence-corrected chi connectivity index (χ2v) is 4.86. The number of aliphatic hydroxyl groups is 1. The molecule has 1 nitrogen and oxygen atoms in total. The summed E-state index contributed by atoms with van der Waals surface area (Å²) >= 11 is 5.95. The van der Waals surface area contributed by atoms with Gasteiger partial charge in [-0.1, -0.05) is 17.7 Å². The molecule has 0 saturated heterocycles. The maximum atomic E-state index is 13.1. The largest absolute Gasteiger partial charge is 0.388 e. The molecule has 0 aromatic heterocycles. The zero-order valence-corrected chi connectivity index (χ0v) is 11.1. The van der Waals surface area contributed by atoms with E-state index in [-0.39, 0.29) is 12.2 Å². The van der Waals surface area contributed by atoms with Gasteiger partial charge in [0.05, 0.1) is 6.10 Å². The molecule has 19 heavy (non-hydrogen) atoms. The molecule has 0 aliphatic heterocycles. The van der Waals surface area contributed by atoms with Crippen molar-refractivity contribution in [2.75, 3.05) is 0 Å². The first-order chi connectivity index (χ1) is 8.97. The highest BCUT2D eigenvalue weighted by molar-refractivity contribution is 6.31. The van der Waals surface area contributed by atoms with Gasteiger partial charge < -0.3 is 5.11 Å². The normalized spacial score (nSPS) is 12.5. The first-order valence-electron chi connectivity index (χ1n) is 5.85. The molecule has 0 aliphatic carbocycles. The van der Waals surface area contributed by atoms with Crippen LogP contribution in [0.4, 0.5) is 8.78 Å². The second kappa shape index (κ2) is 5.68. The topological polar surface area (TPSA) is 20.2 Å². The molecule has 0 aliphatic rings. The number of aryl methyl sites for hydroxylation is 1. The Morgan fingerprint density at radius 3 is 2.42 bits per heavy atom. The van der Waals surface area contributed by atoms with Gasteiger partial charge in [-0.2, -0.15) is 0 Å². The van der Waals surface area contributed by atoms with E-state index in [1.807, 2.05) is 0 Å². The minimum atomic E-state index is -0.847. The third kappa shape index (κ3) is 3.31. The number of hydrogen-bond donors (Lipinski definition) is 1. The van der Waals surface area contributed by atoms with Crippen LogP contribution in [0.5, 0.6) is 0 Å². The highest BCUT2D eigenvalue weighted by atomic mass is 35.5. The molecule has 0 bridgehead atoms. The fraction of sp³-hybridized carbons (Fsp3) is 0.200. The van der Waals surface area contributed by atoms with E-state index in [9.17, 15) is 13.9 Å². The predicted octanol–water partition coefficient (Wildman–Crippen LogP) is 4.20. The minimum Gasteiger partial charge on any atom is -0.388 e. The first-order valence-corrected chi connectivity index (χ1v) is 6.23. The molecule has 1 N–H and O–H groups in total. The number of halogens is 3. The monoisotopic (exact) mass is 282 g/mol. The summed E-state index contributed by atoms with van der Waals surface area (Å²) in [6, 6.07) is 8.19. The number of benzene rings is 2. The van der Waals surface area contributed by atoms with Crippen molar-refractivity contribution in [2.45, 2.75) is 19.4 Å². The Bertz CT molecular complexity index is 599. The average Bonchev–Trinajstić information content (AvgIpc) is 2.33. The number of rotatable bonds is 3. The Morgan fingerprint density at radius 2 is 1.74 bits per heavy atom. The Labute approximate surface area is 115 Å². The molecule has 0 heterocycles. The van der Waals surface area contributed by atoms with Gasteiger partial charge in [0, 0.05) is 11.4 Å². The van der Waals surface area contributed by atoms with Crippen LogP contribution in [0.3, 0.4) is 0 Å². The summed E-state index contributed by atoms with van der Waals surface area (Å²) in [5.41, 5.74) is 1.79. The second-order valence-electron chi connectivity index (χ2n) is 4.46. The van der Waals surface area contributed by atoms with Crippen LogP contribution >= 0.6 is 11.6 Å². The van der Waals surface area contributed by atoms with E-state index < -0.39 is 11.9 Å². The molecule has 4 heteroatoms. The molecule has 0 saturated carbocycles. The summed E-state index contributed by atoms with van der Waals surface area (Å²) in [5, 5.41) is 10.6. The molecule has 1 unspecified atom stereocenters. The van der Waals surface area contributed by atoms with E-state index in [1.54, 1.807) is 6.92 Å². The van der Waals surface area contributed by atoms with Crippen molar-refractivity contribution < 1.29 is 13.9 Å². The molecule has 2 aromatic rings. The fourth-order valence-electron chi connectivity index (χ4n) is 2.03. The predicted molar refractivity (Wildman–Crippen MR) is 71.2 cm³/mol. The maximum absolute atomic E-state index is 13.1. The molecule has 0 radical (unpaired) electrons. The van der Waals surface area contributed by atoms with Gasteiger partial charge in [0.25, 0.3) is 0 Å². The van der Waals surface area contributed by atoms with Crippen molar-refractivity contribution in [1.82, 2.24) is 0 Å². The highest BCUT2D eigenvalue weighted by Gasteiger charge is 2.14. The van der Waals surface area contributed by atoms with Crippen molar-refractivity contribution in [3.63, 3.8) is 0 Å². The van der Waals surface area contributed by atoms with Gasteiger partial charge in [-0.15, -0.1) is 0 Å². The Kier molecular flexibility index (Phi) is 4.17. The van der Waals surface area contributed by atoms with E-state index in [1.165, 1.54) is 36.4 Å². The van der Waals surface area contributed by atoms with E-state index >= 15 is 0 Å². The molecule has 0 amide bonds. The molecular formula is C15H13ClF2O. The maximum Gasteiger partial charge on any atom is 0.123 e. The fourth-order valence-corrected chi connectivity index (χ4v) is 2.23. The molecule has 0 fully saturated rings. The van der Waals surface area contributed by atoms with E-state index in [2.05, 4.69) is 0 Å². The van der Waals surface area contributed by atoms with Crippen LogP contribution < -0.4 is 0 Å². The molecule has 2 aromatic carbocycles. The first kappa shape index (κ1) is 14.0. The highest BCUT2D eigenvalue weighted by Crippen LogP contribution is 2.26. The summed E-state index contributed by atoms with van der Waals surface area (Å²) in [5.74, 6) is -0.750. The Hall–Kier alpha value is -1.45. The summed E-state index contributed by atoms with van der Waals surface area (Å²) in [6.07, 6.45) is -0.664. The Morgan fingerprint density at radius 1 is 1.11 bits per heavy atom. The minimum absolute atomic E-state index is 0.184. The van der Waals surface area contributed by atoms with Crippen molar-refractivity contribution in [2.24, 2.45) is 0 Å². The summed E-state index contributed by atoms with van der Waals surface area (Å²) in [6.45, 7) is 1.72. The van der Waals surface area contributed by atoms with Crippen LogP contribution in [-0.2, 0) is 6.42 Å². The van der Waals surface area contributed by atoms with E-state index in [4.69, 9.17) is 11.6 Å². The van der Waals surface area contributed by atoms with Gasteiger partial charge in [-0.05, 0) is 53.9 Å². The molecule has 1 atom stereocenters. The molecule has 100 valence electrons.